The van der Waals surface area contributed by atoms with E-state index in [1.807, 2.05) is 67.8 Å². The molecule has 0 radical (unpaired) electrons. The third-order valence-corrected chi connectivity index (χ3v) is 5.25. The first kappa shape index (κ1) is 21.0. The molecule has 0 saturated heterocycles. The Hall–Kier alpha value is -2.77. The van der Waals surface area contributed by atoms with E-state index >= 15 is 0 Å². The maximum absolute atomic E-state index is 12.4. The van der Waals surface area contributed by atoms with Crippen LogP contribution in [0.5, 0.6) is 0 Å². The van der Waals surface area contributed by atoms with Crippen LogP contribution in [0.15, 0.2) is 63.9 Å². The largest absolute Gasteiger partial charge is 0.459 e. The number of para-hydroxylation sites is 2. The van der Waals surface area contributed by atoms with Crippen LogP contribution in [0, 0.1) is 0 Å². The van der Waals surface area contributed by atoms with E-state index in [0.717, 1.165) is 21.6 Å². The van der Waals surface area contributed by atoms with Gasteiger partial charge < -0.3 is 15.1 Å². The molecule has 0 aliphatic heterocycles. The number of furan rings is 1. The molecule has 1 aromatic heterocycles. The topological polar surface area (TPSA) is 74.6 Å². The molecule has 152 valence electrons. The molecule has 3 rings (SSSR count). The number of anilines is 1. The molecule has 0 bridgehead atoms. The summed E-state index contributed by atoms with van der Waals surface area (Å²) >= 11 is 1.57. The summed E-state index contributed by atoms with van der Waals surface area (Å²) in [4.78, 5) is 27.3. The smallest absolute Gasteiger partial charge is 0.238 e. The molecule has 2 amide bonds. The van der Waals surface area contributed by atoms with Crippen molar-refractivity contribution in [3.63, 3.8) is 0 Å². The zero-order valence-corrected chi connectivity index (χ0v) is 17.6. The Labute approximate surface area is 174 Å². The third kappa shape index (κ3) is 5.62. The van der Waals surface area contributed by atoms with E-state index < -0.39 is 0 Å². The van der Waals surface area contributed by atoms with Crippen molar-refractivity contribution in [3.05, 3.63) is 60.4 Å². The van der Waals surface area contributed by atoms with Crippen molar-refractivity contribution in [2.75, 3.05) is 31.7 Å². The fraction of sp³-hybridized carbons (Fsp3) is 0.273. The zero-order valence-electron chi connectivity index (χ0n) is 16.8. The third-order valence-electron chi connectivity index (χ3n) is 4.46. The van der Waals surface area contributed by atoms with Crippen molar-refractivity contribution in [2.24, 2.45) is 0 Å². The van der Waals surface area contributed by atoms with Gasteiger partial charge in [-0.15, -0.1) is 11.8 Å². The standard InChI is InChI=1S/C22H25N3O3S/c1-15(19-12-16-8-4-6-10-18(16)28-19)23-21(26)13-25(2)14-22(27)24-17-9-5-7-11-20(17)29-3/h4-12,15H,13-14H2,1-3H3,(H,23,26)(H,24,27)/t15-/m0/s1. The van der Waals surface area contributed by atoms with Crippen LogP contribution in [-0.4, -0.2) is 43.1 Å². The molecule has 6 nitrogen and oxygen atoms in total. The summed E-state index contributed by atoms with van der Waals surface area (Å²) in [5.41, 5.74) is 1.57. The van der Waals surface area contributed by atoms with Gasteiger partial charge in [-0.2, -0.15) is 0 Å². The predicted molar refractivity (Wildman–Crippen MR) is 117 cm³/mol. The number of nitrogens with zero attached hydrogens (tertiary/aromatic N) is 1. The van der Waals surface area contributed by atoms with Crippen molar-refractivity contribution >= 4 is 40.2 Å². The summed E-state index contributed by atoms with van der Waals surface area (Å²) in [6, 6.07) is 17.0. The normalized spacial score (nSPS) is 12.1. The SMILES string of the molecule is CSc1ccccc1NC(=O)CN(C)CC(=O)N[C@@H](C)c1cc2ccccc2o1. The summed E-state index contributed by atoms with van der Waals surface area (Å²) in [7, 11) is 1.74. The number of hydrogen-bond acceptors (Lipinski definition) is 5. The van der Waals surface area contributed by atoms with Crippen molar-refractivity contribution < 1.29 is 14.0 Å². The number of amides is 2. The van der Waals surface area contributed by atoms with Crippen LogP contribution in [0.3, 0.4) is 0 Å². The minimum atomic E-state index is -0.259. The highest BCUT2D eigenvalue weighted by atomic mass is 32.2. The van der Waals surface area contributed by atoms with Crippen LogP contribution in [0.1, 0.15) is 18.7 Å². The minimum Gasteiger partial charge on any atom is -0.459 e. The number of carbonyl (C=O) groups excluding carboxylic acids is 2. The first-order valence-electron chi connectivity index (χ1n) is 9.35. The second-order valence-electron chi connectivity index (χ2n) is 6.90. The van der Waals surface area contributed by atoms with Crippen molar-refractivity contribution in [2.45, 2.75) is 17.9 Å². The first-order chi connectivity index (χ1) is 14.0. The lowest BCUT2D eigenvalue weighted by atomic mass is 10.2. The highest BCUT2D eigenvalue weighted by molar-refractivity contribution is 7.98. The average molecular weight is 412 g/mol. The number of benzene rings is 2. The lowest BCUT2D eigenvalue weighted by Crippen LogP contribution is -2.39. The van der Waals surface area contributed by atoms with Gasteiger partial charge in [0, 0.05) is 10.3 Å². The van der Waals surface area contributed by atoms with E-state index in [0.29, 0.717) is 5.76 Å². The summed E-state index contributed by atoms with van der Waals surface area (Å²) in [6.45, 7) is 2.11. The summed E-state index contributed by atoms with van der Waals surface area (Å²) in [6.07, 6.45) is 1.96. The van der Waals surface area contributed by atoms with Crippen LogP contribution in [0.4, 0.5) is 5.69 Å². The monoisotopic (exact) mass is 411 g/mol. The Bertz CT molecular complexity index is 969. The molecule has 0 aliphatic carbocycles. The molecule has 0 unspecified atom stereocenters. The van der Waals surface area contributed by atoms with Gasteiger partial charge in [-0.25, -0.2) is 0 Å². The molecule has 1 heterocycles. The molecule has 0 spiro atoms. The highest BCUT2D eigenvalue weighted by Crippen LogP contribution is 2.25. The molecular formula is C22H25N3O3S. The molecule has 0 saturated carbocycles. The Morgan fingerprint density at radius 3 is 2.52 bits per heavy atom. The minimum absolute atomic E-state index is 0.113. The summed E-state index contributed by atoms with van der Waals surface area (Å²) < 4.78 is 5.79. The molecule has 1 atom stereocenters. The summed E-state index contributed by atoms with van der Waals surface area (Å²) in [5, 5.41) is 6.82. The van der Waals surface area contributed by atoms with Gasteiger partial charge in [0.15, 0.2) is 0 Å². The molecule has 2 N–H and O–H groups in total. The average Bonchev–Trinajstić information content (AvgIpc) is 3.12. The zero-order chi connectivity index (χ0) is 20.8. The van der Waals surface area contributed by atoms with Crippen molar-refractivity contribution in [1.82, 2.24) is 10.2 Å². The van der Waals surface area contributed by atoms with Crippen LogP contribution in [0.2, 0.25) is 0 Å². The van der Waals surface area contributed by atoms with Gasteiger partial charge in [0.1, 0.15) is 11.3 Å². The van der Waals surface area contributed by atoms with Gasteiger partial charge in [0.25, 0.3) is 0 Å². The Kier molecular flexibility index (Phi) is 6.95. The molecule has 7 heteroatoms. The highest BCUT2D eigenvalue weighted by Gasteiger charge is 2.17. The second kappa shape index (κ2) is 9.62. The molecule has 2 aromatic carbocycles. The maximum atomic E-state index is 12.4. The van der Waals surface area contributed by atoms with E-state index in [-0.39, 0.29) is 30.9 Å². The van der Waals surface area contributed by atoms with E-state index in [2.05, 4.69) is 10.6 Å². The molecule has 0 aliphatic rings. The van der Waals surface area contributed by atoms with Crippen LogP contribution >= 0.6 is 11.8 Å². The van der Waals surface area contributed by atoms with E-state index in [1.54, 1.807) is 23.7 Å². The number of thioether (sulfide) groups is 1. The second-order valence-corrected chi connectivity index (χ2v) is 7.74. The van der Waals surface area contributed by atoms with Crippen LogP contribution < -0.4 is 10.6 Å². The Morgan fingerprint density at radius 2 is 1.76 bits per heavy atom. The van der Waals surface area contributed by atoms with Gasteiger partial charge >= 0.3 is 0 Å². The van der Waals surface area contributed by atoms with Gasteiger partial charge in [-0.05, 0) is 44.5 Å². The lowest BCUT2D eigenvalue weighted by Gasteiger charge is -2.18. The van der Waals surface area contributed by atoms with Gasteiger partial charge in [-0.3, -0.25) is 14.5 Å². The first-order valence-corrected chi connectivity index (χ1v) is 10.6. The number of rotatable bonds is 8. The molecule has 29 heavy (non-hydrogen) atoms. The molecular weight excluding hydrogens is 386 g/mol. The van der Waals surface area contributed by atoms with E-state index in [1.165, 1.54) is 0 Å². The van der Waals surface area contributed by atoms with E-state index in [4.69, 9.17) is 4.42 Å². The maximum Gasteiger partial charge on any atom is 0.238 e. The number of fused-ring (bicyclic) bond motifs is 1. The Morgan fingerprint density at radius 1 is 1.07 bits per heavy atom. The number of nitrogens with one attached hydrogen (secondary N) is 2. The molecule has 3 aromatic rings. The Balaban J connectivity index is 1.50. The number of hydrogen-bond donors (Lipinski definition) is 2. The van der Waals surface area contributed by atoms with Crippen molar-refractivity contribution in [1.29, 1.82) is 0 Å². The van der Waals surface area contributed by atoms with Crippen LogP contribution in [-0.2, 0) is 9.59 Å². The predicted octanol–water partition coefficient (Wildman–Crippen LogP) is 3.90. The molecule has 0 fully saturated rings. The number of carbonyl (C=O) groups is 2. The van der Waals surface area contributed by atoms with Crippen LogP contribution in [0.25, 0.3) is 11.0 Å². The fourth-order valence-electron chi connectivity index (χ4n) is 3.06. The van der Waals surface area contributed by atoms with Crippen molar-refractivity contribution in [3.8, 4) is 0 Å². The summed E-state index contributed by atoms with van der Waals surface area (Å²) in [5.74, 6) is 0.374. The van der Waals surface area contributed by atoms with Gasteiger partial charge in [-0.1, -0.05) is 30.3 Å². The van der Waals surface area contributed by atoms with Gasteiger partial charge in [0.05, 0.1) is 24.8 Å². The fourth-order valence-corrected chi connectivity index (χ4v) is 3.61. The number of likely N-dealkylation sites (N-methyl/N-ethyl adjacent to an activating group) is 1. The van der Waals surface area contributed by atoms with E-state index in [9.17, 15) is 9.59 Å². The van der Waals surface area contributed by atoms with Gasteiger partial charge in [0.2, 0.25) is 11.8 Å². The quantitative estimate of drug-likeness (QED) is 0.550. The lowest BCUT2D eigenvalue weighted by molar-refractivity contribution is -0.123.